The smallest absolute Gasteiger partial charge is 0.219 e. The average Bonchev–Trinajstić information content (AvgIpc) is 2.28. The Hall–Kier alpha value is -1.71. The number of phenolic OH excluding ortho intramolecular Hbond substituents is 1. The lowest BCUT2D eigenvalue weighted by Crippen LogP contribution is -2.37. The molecule has 92 valence electrons. The molecule has 4 nitrogen and oxygen atoms in total. The van der Waals surface area contributed by atoms with Gasteiger partial charge in [0.05, 0.1) is 13.2 Å². The van der Waals surface area contributed by atoms with Crippen molar-refractivity contribution in [3.05, 3.63) is 23.3 Å². The van der Waals surface area contributed by atoms with Crippen LogP contribution in [0, 0.1) is 0 Å². The van der Waals surface area contributed by atoms with Crippen LogP contribution < -0.4 is 4.74 Å². The van der Waals surface area contributed by atoms with E-state index in [4.69, 9.17) is 4.74 Å². The minimum absolute atomic E-state index is 0.0331. The van der Waals surface area contributed by atoms with E-state index in [-0.39, 0.29) is 17.7 Å². The van der Waals surface area contributed by atoms with Gasteiger partial charge in [-0.15, -0.1) is 0 Å². The van der Waals surface area contributed by atoms with Gasteiger partial charge in [0.1, 0.15) is 0 Å². The summed E-state index contributed by atoms with van der Waals surface area (Å²) in [6.07, 6.45) is 0.775. The molecule has 0 spiro atoms. The number of carbonyl (C=O) groups excluding carboxylic acids is 1. The van der Waals surface area contributed by atoms with Gasteiger partial charge in [0.2, 0.25) is 5.91 Å². The zero-order chi connectivity index (χ0) is 12.6. The molecule has 4 heteroatoms. The summed E-state index contributed by atoms with van der Waals surface area (Å²) >= 11 is 0. The van der Waals surface area contributed by atoms with Crippen LogP contribution in [-0.4, -0.2) is 29.6 Å². The van der Waals surface area contributed by atoms with Crippen LogP contribution in [0.1, 0.15) is 31.0 Å². The fraction of sp³-hybridized carbons (Fsp3) is 0.462. The number of nitrogens with zero attached hydrogens (tertiary/aromatic N) is 1. The number of hydrogen-bond donors (Lipinski definition) is 1. The highest BCUT2D eigenvalue weighted by atomic mass is 16.5. The molecule has 1 aromatic rings. The normalized spacial score (nSPS) is 18.8. The highest BCUT2D eigenvalue weighted by Crippen LogP contribution is 2.37. The minimum atomic E-state index is 0.0331. The van der Waals surface area contributed by atoms with E-state index in [9.17, 15) is 9.90 Å². The van der Waals surface area contributed by atoms with Gasteiger partial charge >= 0.3 is 0 Å². The molecule has 1 aliphatic rings. The fourth-order valence-electron chi connectivity index (χ4n) is 2.43. The third-order valence-electron chi connectivity index (χ3n) is 3.38. The van der Waals surface area contributed by atoms with Gasteiger partial charge in [-0.1, -0.05) is 0 Å². The average molecular weight is 235 g/mol. The van der Waals surface area contributed by atoms with E-state index in [1.54, 1.807) is 13.0 Å². The summed E-state index contributed by atoms with van der Waals surface area (Å²) in [5.41, 5.74) is 2.15. The van der Waals surface area contributed by atoms with Gasteiger partial charge in [-0.3, -0.25) is 4.79 Å². The van der Waals surface area contributed by atoms with Gasteiger partial charge in [-0.25, -0.2) is 0 Å². The molecule has 1 atom stereocenters. The first kappa shape index (κ1) is 11.8. The third kappa shape index (κ3) is 1.95. The van der Waals surface area contributed by atoms with E-state index in [1.165, 1.54) is 7.11 Å². The number of aromatic hydroxyl groups is 1. The Morgan fingerprint density at radius 3 is 2.82 bits per heavy atom. The maximum absolute atomic E-state index is 11.5. The van der Waals surface area contributed by atoms with Crippen molar-refractivity contribution >= 4 is 5.91 Å². The molecule has 2 rings (SSSR count). The first-order chi connectivity index (χ1) is 8.04. The minimum Gasteiger partial charge on any atom is -0.504 e. The van der Waals surface area contributed by atoms with Crippen molar-refractivity contribution in [2.24, 2.45) is 0 Å². The highest BCUT2D eigenvalue weighted by Gasteiger charge is 2.26. The lowest BCUT2D eigenvalue weighted by molar-refractivity contribution is -0.131. The Labute approximate surface area is 101 Å². The lowest BCUT2D eigenvalue weighted by atomic mass is 9.93. The van der Waals surface area contributed by atoms with Crippen molar-refractivity contribution in [3.63, 3.8) is 0 Å². The van der Waals surface area contributed by atoms with E-state index in [0.717, 1.165) is 17.5 Å². The third-order valence-corrected chi connectivity index (χ3v) is 3.38. The second kappa shape index (κ2) is 4.28. The maximum atomic E-state index is 11.5. The summed E-state index contributed by atoms with van der Waals surface area (Å²) in [4.78, 5) is 13.3. The standard InChI is InChI=1S/C13H17NO3/c1-8-11-7-13(17-3)12(16)6-10(11)4-5-14(8)9(2)15/h6-8,16H,4-5H2,1-3H3. The van der Waals surface area contributed by atoms with E-state index < -0.39 is 0 Å². The summed E-state index contributed by atoms with van der Waals surface area (Å²) in [7, 11) is 1.53. The molecule has 0 bridgehead atoms. The molecule has 1 aromatic carbocycles. The van der Waals surface area contributed by atoms with E-state index >= 15 is 0 Å². The molecule has 0 aromatic heterocycles. The maximum Gasteiger partial charge on any atom is 0.219 e. The number of benzene rings is 1. The molecular weight excluding hydrogens is 218 g/mol. The van der Waals surface area contributed by atoms with E-state index in [1.807, 2.05) is 17.9 Å². The summed E-state index contributed by atoms with van der Waals surface area (Å²) in [5.74, 6) is 0.700. The molecule has 1 aliphatic heterocycles. The van der Waals surface area contributed by atoms with Crippen LogP contribution in [-0.2, 0) is 11.2 Å². The zero-order valence-electron chi connectivity index (χ0n) is 10.4. The lowest BCUT2D eigenvalue weighted by Gasteiger charge is -2.34. The second-order valence-electron chi connectivity index (χ2n) is 4.36. The number of carbonyl (C=O) groups is 1. The predicted octanol–water partition coefficient (Wildman–Crippen LogP) is 1.87. The van der Waals surface area contributed by atoms with E-state index in [0.29, 0.717) is 12.3 Å². The van der Waals surface area contributed by atoms with Crippen LogP contribution in [0.2, 0.25) is 0 Å². The number of methoxy groups -OCH3 is 1. The highest BCUT2D eigenvalue weighted by molar-refractivity contribution is 5.74. The van der Waals surface area contributed by atoms with Crippen LogP contribution in [0.4, 0.5) is 0 Å². The number of amides is 1. The van der Waals surface area contributed by atoms with Crippen molar-refractivity contribution in [1.82, 2.24) is 4.90 Å². The monoisotopic (exact) mass is 235 g/mol. The molecule has 1 amide bonds. The van der Waals surface area contributed by atoms with Crippen molar-refractivity contribution in [2.75, 3.05) is 13.7 Å². The van der Waals surface area contributed by atoms with Crippen LogP contribution in [0.25, 0.3) is 0 Å². The number of ether oxygens (including phenoxy) is 1. The number of phenols is 1. The van der Waals surface area contributed by atoms with Crippen molar-refractivity contribution in [2.45, 2.75) is 26.3 Å². The Kier molecular flexibility index (Phi) is 2.96. The number of fused-ring (bicyclic) bond motifs is 1. The van der Waals surface area contributed by atoms with Crippen LogP contribution >= 0.6 is 0 Å². The molecule has 1 unspecified atom stereocenters. The number of rotatable bonds is 1. The molecule has 0 saturated carbocycles. The Morgan fingerprint density at radius 2 is 2.24 bits per heavy atom. The Morgan fingerprint density at radius 1 is 1.53 bits per heavy atom. The summed E-state index contributed by atoms with van der Waals surface area (Å²) < 4.78 is 5.10. The molecule has 1 N–H and O–H groups in total. The molecule has 0 saturated heterocycles. The van der Waals surface area contributed by atoms with Gasteiger partial charge in [0, 0.05) is 13.5 Å². The molecule has 17 heavy (non-hydrogen) atoms. The Bertz CT molecular complexity index is 456. The van der Waals surface area contributed by atoms with E-state index in [2.05, 4.69) is 0 Å². The van der Waals surface area contributed by atoms with Gasteiger partial charge in [-0.05, 0) is 36.6 Å². The summed E-state index contributed by atoms with van der Waals surface area (Å²) in [5, 5.41) is 9.72. The first-order valence-corrected chi connectivity index (χ1v) is 5.71. The van der Waals surface area contributed by atoms with Crippen LogP contribution in [0.3, 0.4) is 0 Å². The largest absolute Gasteiger partial charge is 0.504 e. The molecule has 1 heterocycles. The second-order valence-corrected chi connectivity index (χ2v) is 4.36. The molecule has 0 radical (unpaired) electrons. The SMILES string of the molecule is COc1cc2c(cc1O)CCN(C(C)=O)C2C. The fourth-order valence-corrected chi connectivity index (χ4v) is 2.43. The number of hydrogen-bond acceptors (Lipinski definition) is 3. The topological polar surface area (TPSA) is 49.8 Å². The van der Waals surface area contributed by atoms with Crippen molar-refractivity contribution in [1.29, 1.82) is 0 Å². The summed E-state index contributed by atoms with van der Waals surface area (Å²) in [6.45, 7) is 4.28. The molecule has 0 fully saturated rings. The van der Waals surface area contributed by atoms with Gasteiger partial charge in [0.25, 0.3) is 0 Å². The van der Waals surface area contributed by atoms with Gasteiger partial charge in [0.15, 0.2) is 11.5 Å². The van der Waals surface area contributed by atoms with Crippen molar-refractivity contribution < 1.29 is 14.6 Å². The van der Waals surface area contributed by atoms with Crippen LogP contribution in [0.5, 0.6) is 11.5 Å². The zero-order valence-corrected chi connectivity index (χ0v) is 10.4. The first-order valence-electron chi connectivity index (χ1n) is 5.71. The predicted molar refractivity (Wildman–Crippen MR) is 64.2 cm³/mol. The summed E-state index contributed by atoms with van der Waals surface area (Å²) in [6, 6.07) is 3.60. The van der Waals surface area contributed by atoms with Crippen molar-refractivity contribution in [3.8, 4) is 11.5 Å². The molecule has 0 aliphatic carbocycles. The van der Waals surface area contributed by atoms with Gasteiger partial charge in [-0.2, -0.15) is 0 Å². The Balaban J connectivity index is 2.44. The van der Waals surface area contributed by atoms with Crippen LogP contribution in [0.15, 0.2) is 12.1 Å². The quantitative estimate of drug-likeness (QED) is 0.808. The van der Waals surface area contributed by atoms with Gasteiger partial charge < -0.3 is 14.7 Å². The molecular formula is C13H17NO3.